The zero-order valence-electron chi connectivity index (χ0n) is 9.84. The largest absolute Gasteiger partial charge is 0.324 e. The van der Waals surface area contributed by atoms with Gasteiger partial charge in [0.15, 0.2) is 11.6 Å². The molecule has 2 N–H and O–H groups in total. The smallest absolute Gasteiger partial charge is 0.159 e. The van der Waals surface area contributed by atoms with Gasteiger partial charge < -0.3 is 5.73 Å². The lowest BCUT2D eigenvalue weighted by Gasteiger charge is -2.14. The SMILES string of the molecule is NC(Cc1ccc(F)c(F)c1)c1cccc(Br)c1F. The Hall–Kier alpha value is -1.33. The molecule has 0 aliphatic rings. The zero-order valence-corrected chi connectivity index (χ0v) is 11.4. The van der Waals surface area contributed by atoms with Crippen molar-refractivity contribution in [2.45, 2.75) is 12.5 Å². The minimum absolute atomic E-state index is 0.227. The van der Waals surface area contributed by atoms with E-state index < -0.39 is 23.5 Å². The highest BCUT2D eigenvalue weighted by atomic mass is 79.9. The summed E-state index contributed by atoms with van der Waals surface area (Å²) in [5, 5.41) is 0. The Balaban J connectivity index is 2.23. The summed E-state index contributed by atoms with van der Waals surface area (Å²) in [6.07, 6.45) is 0.227. The first-order valence-electron chi connectivity index (χ1n) is 5.62. The predicted octanol–water partition coefficient (Wildman–Crippen LogP) is 4.11. The number of hydrogen-bond donors (Lipinski definition) is 1. The second-order valence-corrected chi connectivity index (χ2v) is 5.06. The van der Waals surface area contributed by atoms with Crippen LogP contribution >= 0.6 is 15.9 Å². The molecule has 1 nitrogen and oxygen atoms in total. The van der Waals surface area contributed by atoms with Crippen LogP contribution in [0.1, 0.15) is 17.2 Å². The van der Waals surface area contributed by atoms with Gasteiger partial charge in [0.2, 0.25) is 0 Å². The Morgan fingerprint density at radius 1 is 1.05 bits per heavy atom. The van der Waals surface area contributed by atoms with Crippen LogP contribution in [0.5, 0.6) is 0 Å². The van der Waals surface area contributed by atoms with Crippen LogP contribution in [-0.2, 0) is 6.42 Å². The summed E-state index contributed by atoms with van der Waals surface area (Å²) < 4.78 is 40.0. The molecule has 0 heterocycles. The van der Waals surface area contributed by atoms with Crippen molar-refractivity contribution in [1.29, 1.82) is 0 Å². The molecule has 0 saturated carbocycles. The fraction of sp³-hybridized carbons (Fsp3) is 0.143. The van der Waals surface area contributed by atoms with Crippen LogP contribution in [0.15, 0.2) is 40.9 Å². The molecule has 2 rings (SSSR count). The van der Waals surface area contributed by atoms with Gasteiger partial charge in [0.25, 0.3) is 0 Å². The predicted molar refractivity (Wildman–Crippen MR) is 71.1 cm³/mol. The quantitative estimate of drug-likeness (QED) is 0.901. The average molecular weight is 330 g/mol. The van der Waals surface area contributed by atoms with Crippen molar-refractivity contribution in [2.75, 3.05) is 0 Å². The summed E-state index contributed by atoms with van der Waals surface area (Å²) in [5.41, 5.74) is 6.76. The van der Waals surface area contributed by atoms with Crippen LogP contribution in [-0.4, -0.2) is 0 Å². The zero-order chi connectivity index (χ0) is 14.0. The van der Waals surface area contributed by atoms with Gasteiger partial charge >= 0.3 is 0 Å². The summed E-state index contributed by atoms with van der Waals surface area (Å²) in [4.78, 5) is 0. The minimum atomic E-state index is -0.931. The van der Waals surface area contributed by atoms with Crippen molar-refractivity contribution >= 4 is 15.9 Å². The normalized spacial score (nSPS) is 12.5. The standard InChI is InChI=1S/C14H11BrF3N/c15-10-3-1-2-9(14(10)18)13(19)7-8-4-5-11(16)12(17)6-8/h1-6,13H,7,19H2. The van der Waals surface area contributed by atoms with Crippen molar-refractivity contribution in [3.8, 4) is 0 Å². The lowest BCUT2D eigenvalue weighted by molar-refractivity contribution is 0.505. The van der Waals surface area contributed by atoms with E-state index in [9.17, 15) is 13.2 Å². The third-order valence-electron chi connectivity index (χ3n) is 2.82. The van der Waals surface area contributed by atoms with Gasteiger partial charge in [0.1, 0.15) is 5.82 Å². The van der Waals surface area contributed by atoms with E-state index in [2.05, 4.69) is 15.9 Å². The van der Waals surface area contributed by atoms with E-state index in [1.807, 2.05) is 0 Å². The summed E-state index contributed by atoms with van der Waals surface area (Å²) in [5.74, 6) is -2.28. The van der Waals surface area contributed by atoms with Gasteiger partial charge in [-0.2, -0.15) is 0 Å². The maximum absolute atomic E-state index is 13.8. The van der Waals surface area contributed by atoms with Crippen LogP contribution in [0.25, 0.3) is 0 Å². The fourth-order valence-electron chi connectivity index (χ4n) is 1.84. The van der Waals surface area contributed by atoms with E-state index in [-0.39, 0.29) is 6.42 Å². The number of halogens is 4. The second-order valence-electron chi connectivity index (χ2n) is 4.20. The molecule has 1 unspecified atom stereocenters. The molecule has 0 saturated heterocycles. The maximum atomic E-state index is 13.8. The molecule has 0 bridgehead atoms. The molecule has 5 heteroatoms. The highest BCUT2D eigenvalue weighted by Gasteiger charge is 2.14. The molecule has 19 heavy (non-hydrogen) atoms. The molecule has 0 spiro atoms. The number of hydrogen-bond acceptors (Lipinski definition) is 1. The maximum Gasteiger partial charge on any atom is 0.159 e. The van der Waals surface area contributed by atoms with E-state index in [4.69, 9.17) is 5.73 Å². The Morgan fingerprint density at radius 3 is 2.47 bits per heavy atom. The summed E-state index contributed by atoms with van der Waals surface area (Å²) in [6.45, 7) is 0. The van der Waals surface area contributed by atoms with Crippen LogP contribution in [0.3, 0.4) is 0 Å². The Labute approximate surface area is 117 Å². The number of nitrogens with two attached hydrogens (primary N) is 1. The summed E-state index contributed by atoms with van der Waals surface area (Å²) >= 11 is 3.08. The lowest BCUT2D eigenvalue weighted by atomic mass is 9.99. The van der Waals surface area contributed by atoms with E-state index in [0.717, 1.165) is 12.1 Å². The topological polar surface area (TPSA) is 26.0 Å². The molecule has 0 aromatic heterocycles. The fourth-order valence-corrected chi connectivity index (χ4v) is 2.22. The molecule has 100 valence electrons. The average Bonchev–Trinajstić information content (AvgIpc) is 2.37. The molecular formula is C14H11BrF3N. The summed E-state index contributed by atoms with van der Waals surface area (Å²) in [6, 6.07) is 7.75. The third kappa shape index (κ3) is 3.16. The first-order valence-corrected chi connectivity index (χ1v) is 6.41. The second kappa shape index (κ2) is 5.75. The van der Waals surface area contributed by atoms with Crippen LogP contribution in [0.2, 0.25) is 0 Å². The van der Waals surface area contributed by atoms with Gasteiger partial charge in [0.05, 0.1) is 4.47 Å². The molecule has 0 aliphatic heterocycles. The molecule has 0 radical (unpaired) electrons. The van der Waals surface area contributed by atoms with Gasteiger partial charge in [-0.3, -0.25) is 0 Å². The Kier molecular flexibility index (Phi) is 4.27. The molecule has 2 aromatic carbocycles. The number of benzene rings is 2. The van der Waals surface area contributed by atoms with Gasteiger partial charge in [0, 0.05) is 11.6 Å². The molecule has 1 atom stereocenters. The van der Waals surface area contributed by atoms with Gasteiger partial charge in [-0.15, -0.1) is 0 Å². The van der Waals surface area contributed by atoms with Crippen LogP contribution in [0, 0.1) is 17.5 Å². The van der Waals surface area contributed by atoms with Gasteiger partial charge in [-0.05, 0) is 46.1 Å². The Morgan fingerprint density at radius 2 is 1.79 bits per heavy atom. The van der Waals surface area contributed by atoms with Gasteiger partial charge in [-0.1, -0.05) is 18.2 Å². The monoisotopic (exact) mass is 329 g/mol. The van der Waals surface area contributed by atoms with Crippen LogP contribution < -0.4 is 5.73 Å². The highest BCUT2D eigenvalue weighted by molar-refractivity contribution is 9.10. The van der Waals surface area contributed by atoms with Crippen molar-refractivity contribution in [1.82, 2.24) is 0 Å². The molecule has 0 fully saturated rings. The van der Waals surface area contributed by atoms with Crippen LogP contribution in [0.4, 0.5) is 13.2 Å². The molecule has 2 aromatic rings. The van der Waals surface area contributed by atoms with E-state index in [1.165, 1.54) is 6.07 Å². The first-order chi connectivity index (χ1) is 8.99. The van der Waals surface area contributed by atoms with Crippen molar-refractivity contribution in [3.63, 3.8) is 0 Å². The summed E-state index contributed by atoms with van der Waals surface area (Å²) in [7, 11) is 0. The molecule has 0 amide bonds. The van der Waals surface area contributed by atoms with Gasteiger partial charge in [-0.25, -0.2) is 13.2 Å². The lowest BCUT2D eigenvalue weighted by Crippen LogP contribution is -2.15. The Bertz CT molecular complexity index is 601. The first kappa shape index (κ1) is 14.1. The molecular weight excluding hydrogens is 319 g/mol. The van der Waals surface area contributed by atoms with Crippen molar-refractivity contribution < 1.29 is 13.2 Å². The van der Waals surface area contributed by atoms with E-state index in [1.54, 1.807) is 18.2 Å². The third-order valence-corrected chi connectivity index (χ3v) is 3.43. The molecule has 0 aliphatic carbocycles. The van der Waals surface area contributed by atoms with Crippen molar-refractivity contribution in [3.05, 3.63) is 69.4 Å². The van der Waals surface area contributed by atoms with E-state index in [0.29, 0.717) is 15.6 Å². The highest BCUT2D eigenvalue weighted by Crippen LogP contribution is 2.25. The minimum Gasteiger partial charge on any atom is -0.324 e. The number of rotatable bonds is 3. The van der Waals surface area contributed by atoms with E-state index >= 15 is 0 Å². The van der Waals surface area contributed by atoms with Crippen molar-refractivity contribution in [2.24, 2.45) is 5.73 Å².